The molecule has 2 heterocycles. The minimum Gasteiger partial charge on any atom is -0.444 e. The van der Waals surface area contributed by atoms with Crippen LogP contribution in [0.1, 0.15) is 45.2 Å². The van der Waals surface area contributed by atoms with E-state index in [1.807, 2.05) is 33.6 Å². The highest BCUT2D eigenvalue weighted by Crippen LogP contribution is 2.39. The van der Waals surface area contributed by atoms with Gasteiger partial charge in [0.05, 0.1) is 17.3 Å². The molecule has 0 saturated carbocycles. The molecule has 1 aromatic rings. The Morgan fingerprint density at radius 3 is 2.71 bits per heavy atom. The number of rotatable bonds is 2. The molecule has 148 valence electrons. The summed E-state index contributed by atoms with van der Waals surface area (Å²) < 4.78 is 19.8. The molecule has 0 unspecified atom stereocenters. The van der Waals surface area contributed by atoms with Crippen molar-refractivity contribution in [3.05, 3.63) is 47.4 Å². The summed E-state index contributed by atoms with van der Waals surface area (Å²) in [7, 11) is 0. The second-order valence-electron chi connectivity index (χ2n) is 8.14. The predicted molar refractivity (Wildman–Crippen MR) is 108 cm³/mol. The van der Waals surface area contributed by atoms with Crippen LogP contribution in [0.15, 0.2) is 30.5 Å². The molecule has 0 aliphatic carbocycles. The molecule has 1 fully saturated rings. The van der Waals surface area contributed by atoms with Crippen molar-refractivity contribution >= 4 is 29.4 Å². The van der Waals surface area contributed by atoms with Crippen LogP contribution in [0.5, 0.6) is 0 Å². The van der Waals surface area contributed by atoms with Gasteiger partial charge in [-0.3, -0.25) is 0 Å². The Morgan fingerprint density at radius 1 is 1.39 bits per heavy atom. The summed E-state index contributed by atoms with van der Waals surface area (Å²) in [6.07, 6.45) is 3.56. The third-order valence-electron chi connectivity index (χ3n) is 4.91. The van der Waals surface area contributed by atoms with E-state index in [2.05, 4.69) is 11.5 Å². The van der Waals surface area contributed by atoms with Gasteiger partial charge < -0.3 is 14.5 Å². The number of hydrogen-bond donors (Lipinski definition) is 0. The normalized spacial score (nSPS) is 19.1. The van der Waals surface area contributed by atoms with Crippen LogP contribution in [0.25, 0.3) is 11.6 Å². The van der Waals surface area contributed by atoms with E-state index in [0.717, 1.165) is 17.8 Å². The number of fused-ring (bicyclic) bond motifs is 1. The number of halogens is 1. The van der Waals surface area contributed by atoms with E-state index >= 15 is 0 Å². The fraction of sp³-hybridized carbons (Fsp3) is 0.409. The molecule has 1 saturated heterocycles. The van der Waals surface area contributed by atoms with Crippen molar-refractivity contribution in [2.45, 2.75) is 45.8 Å². The minimum absolute atomic E-state index is 0.00107. The SMILES string of the molecule is C=Cc1cc2c(cc1F)C(=C=O)C=C(C)N2[C@@H]1CCN(C(=O)OC(C)(C)C)C1. The van der Waals surface area contributed by atoms with E-state index in [0.29, 0.717) is 29.8 Å². The number of hydrogen-bond acceptors (Lipinski definition) is 4. The first-order valence-corrected chi connectivity index (χ1v) is 9.31. The quantitative estimate of drug-likeness (QED) is 0.709. The van der Waals surface area contributed by atoms with Gasteiger partial charge in [0.2, 0.25) is 0 Å². The van der Waals surface area contributed by atoms with Gasteiger partial charge in [-0.15, -0.1) is 0 Å². The molecule has 1 atom stereocenters. The molecule has 2 aliphatic rings. The lowest BCUT2D eigenvalue weighted by molar-refractivity contribution is 0.0292. The Bertz CT molecular complexity index is 907. The van der Waals surface area contributed by atoms with Crippen LogP contribution >= 0.6 is 0 Å². The maximum absolute atomic E-state index is 14.3. The number of allylic oxidation sites excluding steroid dienone is 3. The summed E-state index contributed by atoms with van der Waals surface area (Å²) in [5, 5.41) is 0. The molecule has 0 aromatic heterocycles. The van der Waals surface area contributed by atoms with Crippen molar-refractivity contribution in [3.8, 4) is 0 Å². The number of anilines is 1. The third-order valence-corrected chi connectivity index (χ3v) is 4.91. The fourth-order valence-electron chi connectivity index (χ4n) is 3.71. The van der Waals surface area contributed by atoms with Crippen LogP contribution in [-0.2, 0) is 9.53 Å². The topological polar surface area (TPSA) is 49.9 Å². The molecule has 5 nitrogen and oxygen atoms in total. The lowest BCUT2D eigenvalue weighted by Crippen LogP contribution is -2.41. The first-order chi connectivity index (χ1) is 13.1. The maximum atomic E-state index is 14.3. The van der Waals surface area contributed by atoms with Crippen LogP contribution in [-0.4, -0.2) is 41.7 Å². The first-order valence-electron chi connectivity index (χ1n) is 9.31. The lowest BCUT2D eigenvalue weighted by atomic mass is 9.95. The Labute approximate surface area is 164 Å². The zero-order valence-electron chi connectivity index (χ0n) is 16.7. The maximum Gasteiger partial charge on any atom is 0.410 e. The van der Waals surface area contributed by atoms with E-state index in [1.165, 1.54) is 12.1 Å². The molecule has 1 aromatic carbocycles. The van der Waals surface area contributed by atoms with Gasteiger partial charge in [-0.2, -0.15) is 0 Å². The molecule has 2 aliphatic heterocycles. The average Bonchev–Trinajstić information content (AvgIpc) is 3.09. The van der Waals surface area contributed by atoms with Crippen molar-refractivity contribution in [2.75, 3.05) is 18.0 Å². The second kappa shape index (κ2) is 7.28. The second-order valence-corrected chi connectivity index (χ2v) is 8.14. The van der Waals surface area contributed by atoms with E-state index in [4.69, 9.17) is 4.74 Å². The van der Waals surface area contributed by atoms with Gasteiger partial charge in [-0.05, 0) is 52.3 Å². The van der Waals surface area contributed by atoms with Gasteiger partial charge in [0.1, 0.15) is 17.4 Å². The van der Waals surface area contributed by atoms with Crippen LogP contribution in [0, 0.1) is 5.82 Å². The number of benzene rings is 1. The number of carbonyl (C=O) groups excluding carboxylic acids is 2. The van der Waals surface area contributed by atoms with Crippen LogP contribution in [0.3, 0.4) is 0 Å². The van der Waals surface area contributed by atoms with E-state index in [9.17, 15) is 14.0 Å². The minimum atomic E-state index is -0.553. The highest BCUT2D eigenvalue weighted by molar-refractivity contribution is 6.00. The number of amides is 1. The average molecular weight is 384 g/mol. The van der Waals surface area contributed by atoms with Gasteiger partial charge >= 0.3 is 6.09 Å². The molecule has 3 rings (SSSR count). The van der Waals surface area contributed by atoms with Crippen molar-refractivity contribution in [1.29, 1.82) is 0 Å². The summed E-state index contributed by atoms with van der Waals surface area (Å²) in [6.45, 7) is 12.1. The van der Waals surface area contributed by atoms with Crippen molar-refractivity contribution in [1.82, 2.24) is 4.90 Å². The fourth-order valence-corrected chi connectivity index (χ4v) is 3.71. The Morgan fingerprint density at radius 2 is 2.11 bits per heavy atom. The van der Waals surface area contributed by atoms with Gasteiger partial charge in [-0.1, -0.05) is 12.7 Å². The Hall–Kier alpha value is -2.85. The first kappa shape index (κ1) is 19.9. The predicted octanol–water partition coefficient (Wildman–Crippen LogP) is 4.42. The molecule has 28 heavy (non-hydrogen) atoms. The standard InChI is InChI=1S/C22H25FN2O3/c1-6-15-10-20-18(11-19(15)23)16(13-26)9-14(2)25(20)17-7-8-24(12-17)21(27)28-22(3,4)5/h6,9-11,17H,1,7-8,12H2,2-5H3/t17-/m1/s1. The summed E-state index contributed by atoms with van der Waals surface area (Å²) >= 11 is 0. The van der Waals surface area contributed by atoms with Gasteiger partial charge in [-0.25, -0.2) is 14.0 Å². The summed E-state index contributed by atoms with van der Waals surface area (Å²) in [5.41, 5.74) is 2.21. The highest BCUT2D eigenvalue weighted by Gasteiger charge is 2.36. The van der Waals surface area contributed by atoms with Crippen molar-refractivity contribution in [3.63, 3.8) is 0 Å². The Kier molecular flexibility index (Phi) is 5.18. The largest absolute Gasteiger partial charge is 0.444 e. The summed E-state index contributed by atoms with van der Waals surface area (Å²) in [6, 6.07) is 3.05. The van der Waals surface area contributed by atoms with Crippen molar-refractivity contribution < 1.29 is 18.7 Å². The number of likely N-dealkylation sites (tertiary alicyclic amines) is 1. The van der Waals surface area contributed by atoms with Crippen LogP contribution in [0.2, 0.25) is 0 Å². The Balaban J connectivity index is 1.94. The summed E-state index contributed by atoms with van der Waals surface area (Å²) in [4.78, 5) is 27.6. The molecular weight excluding hydrogens is 359 g/mol. The molecule has 0 spiro atoms. The highest BCUT2D eigenvalue weighted by atomic mass is 19.1. The third kappa shape index (κ3) is 3.73. The van der Waals surface area contributed by atoms with Gasteiger partial charge in [0.25, 0.3) is 0 Å². The van der Waals surface area contributed by atoms with Crippen LogP contribution < -0.4 is 4.90 Å². The number of carbonyl (C=O) groups is 1. The molecular formula is C22H25FN2O3. The number of ether oxygens (including phenoxy) is 1. The zero-order valence-corrected chi connectivity index (χ0v) is 16.7. The van der Waals surface area contributed by atoms with E-state index in [1.54, 1.807) is 17.0 Å². The molecule has 0 radical (unpaired) electrons. The number of nitrogens with zero attached hydrogens (tertiary/aromatic N) is 2. The van der Waals surface area contributed by atoms with E-state index < -0.39 is 11.4 Å². The molecule has 0 bridgehead atoms. The monoisotopic (exact) mass is 384 g/mol. The van der Waals surface area contributed by atoms with Gasteiger partial charge in [0.15, 0.2) is 0 Å². The molecule has 1 amide bonds. The van der Waals surface area contributed by atoms with Crippen molar-refractivity contribution in [2.24, 2.45) is 0 Å². The lowest BCUT2D eigenvalue weighted by Gasteiger charge is -2.36. The smallest absolute Gasteiger partial charge is 0.410 e. The molecule has 0 N–H and O–H groups in total. The van der Waals surface area contributed by atoms with Gasteiger partial charge in [0, 0.05) is 29.9 Å². The van der Waals surface area contributed by atoms with E-state index in [-0.39, 0.29) is 12.1 Å². The summed E-state index contributed by atoms with van der Waals surface area (Å²) in [5.74, 6) is 1.47. The molecule has 6 heteroatoms. The zero-order chi connectivity index (χ0) is 20.6. The van der Waals surface area contributed by atoms with Crippen LogP contribution in [0.4, 0.5) is 14.9 Å².